The van der Waals surface area contributed by atoms with Gasteiger partial charge in [0.15, 0.2) is 11.1 Å². The van der Waals surface area contributed by atoms with Gasteiger partial charge in [-0.1, -0.05) is 30.1 Å². The maximum absolute atomic E-state index is 8.13. The standard InChI is InChI=1S/C17H19Cl2N7/c1-9-4-21-3-2-10(9)16-24-14-15(20)23-8-26(17(14)25-16)7-11-12(18)5-22-6-13(11)19/h5-6,8-10,20-21H,2-4,7H2,1H3,(H,24,25)/t9-,10?/m0/s1. The van der Waals surface area contributed by atoms with E-state index in [4.69, 9.17) is 33.6 Å². The number of pyridine rings is 1. The van der Waals surface area contributed by atoms with Crippen LogP contribution in [0.2, 0.25) is 10.0 Å². The van der Waals surface area contributed by atoms with Crippen LogP contribution in [0.25, 0.3) is 11.2 Å². The Morgan fingerprint density at radius 3 is 2.81 bits per heavy atom. The first-order valence-electron chi connectivity index (χ1n) is 8.53. The van der Waals surface area contributed by atoms with Gasteiger partial charge >= 0.3 is 0 Å². The molecule has 1 saturated heterocycles. The van der Waals surface area contributed by atoms with E-state index in [1.165, 1.54) is 0 Å². The van der Waals surface area contributed by atoms with Gasteiger partial charge in [0.05, 0.1) is 22.9 Å². The summed E-state index contributed by atoms with van der Waals surface area (Å²) < 4.78 is 1.87. The van der Waals surface area contributed by atoms with Gasteiger partial charge in [0.2, 0.25) is 0 Å². The van der Waals surface area contributed by atoms with E-state index in [-0.39, 0.29) is 5.49 Å². The average molecular weight is 392 g/mol. The number of H-pyrrole nitrogens is 1. The van der Waals surface area contributed by atoms with Gasteiger partial charge in [0, 0.05) is 23.9 Å². The molecule has 0 aliphatic carbocycles. The molecule has 26 heavy (non-hydrogen) atoms. The van der Waals surface area contributed by atoms with Crippen LogP contribution in [-0.4, -0.2) is 37.6 Å². The van der Waals surface area contributed by atoms with Crippen LogP contribution in [0.5, 0.6) is 0 Å². The summed E-state index contributed by atoms with van der Waals surface area (Å²) in [6, 6.07) is 0. The van der Waals surface area contributed by atoms with E-state index in [0.717, 1.165) is 30.9 Å². The summed E-state index contributed by atoms with van der Waals surface area (Å²) in [7, 11) is 0. The zero-order valence-electron chi connectivity index (χ0n) is 14.3. The van der Waals surface area contributed by atoms with E-state index >= 15 is 0 Å². The van der Waals surface area contributed by atoms with Crippen molar-refractivity contribution in [3.8, 4) is 0 Å². The van der Waals surface area contributed by atoms with Crippen molar-refractivity contribution in [2.24, 2.45) is 5.92 Å². The molecule has 0 radical (unpaired) electrons. The minimum absolute atomic E-state index is 0.184. The number of fused-ring (bicyclic) bond motifs is 1. The van der Waals surface area contributed by atoms with Gasteiger partial charge in [-0.25, -0.2) is 9.97 Å². The third kappa shape index (κ3) is 3.11. The fraction of sp³-hybridized carbons (Fsp3) is 0.412. The molecule has 0 spiro atoms. The molecule has 3 N–H and O–H groups in total. The Labute approximate surface area is 160 Å². The zero-order chi connectivity index (χ0) is 18.3. The summed E-state index contributed by atoms with van der Waals surface area (Å²) >= 11 is 12.5. The highest BCUT2D eigenvalue weighted by molar-refractivity contribution is 6.35. The zero-order valence-corrected chi connectivity index (χ0v) is 15.8. The van der Waals surface area contributed by atoms with Crippen LogP contribution in [0.3, 0.4) is 0 Å². The van der Waals surface area contributed by atoms with Crippen LogP contribution < -0.4 is 10.8 Å². The second-order valence-corrected chi connectivity index (χ2v) is 7.51. The molecule has 3 aromatic heterocycles. The Bertz CT molecular complexity index is 990. The molecular formula is C17H19Cl2N7. The van der Waals surface area contributed by atoms with Gasteiger partial charge in [0.1, 0.15) is 11.3 Å². The summed E-state index contributed by atoms with van der Waals surface area (Å²) in [5.41, 5.74) is 2.27. The molecule has 3 aromatic rings. The summed E-state index contributed by atoms with van der Waals surface area (Å²) in [4.78, 5) is 16.3. The first-order valence-corrected chi connectivity index (χ1v) is 9.28. The van der Waals surface area contributed by atoms with E-state index in [0.29, 0.717) is 39.6 Å². The molecule has 0 aromatic carbocycles. The van der Waals surface area contributed by atoms with Gasteiger partial charge in [-0.05, 0) is 25.4 Å². The number of piperidine rings is 1. The molecule has 2 atom stereocenters. The smallest absolute Gasteiger partial charge is 0.173 e. The second-order valence-electron chi connectivity index (χ2n) is 6.70. The van der Waals surface area contributed by atoms with Crippen LogP contribution in [0.1, 0.15) is 30.7 Å². The van der Waals surface area contributed by atoms with Crippen molar-refractivity contribution < 1.29 is 0 Å². The average Bonchev–Trinajstić information content (AvgIpc) is 3.07. The number of aromatic amines is 1. The minimum atomic E-state index is 0.184. The number of nitrogens with one attached hydrogen (secondary N) is 3. The van der Waals surface area contributed by atoms with Gasteiger partial charge in [-0.3, -0.25) is 10.4 Å². The lowest BCUT2D eigenvalue weighted by Gasteiger charge is -2.27. The summed E-state index contributed by atoms with van der Waals surface area (Å²) in [5.74, 6) is 1.73. The molecule has 4 rings (SSSR count). The van der Waals surface area contributed by atoms with Crippen molar-refractivity contribution in [1.29, 1.82) is 5.41 Å². The fourth-order valence-corrected chi connectivity index (χ4v) is 3.96. The lowest BCUT2D eigenvalue weighted by molar-refractivity contribution is 0.340. The Morgan fingerprint density at radius 2 is 2.08 bits per heavy atom. The summed E-state index contributed by atoms with van der Waals surface area (Å²) in [5, 5.41) is 12.5. The van der Waals surface area contributed by atoms with Crippen molar-refractivity contribution in [3.05, 3.63) is 45.6 Å². The van der Waals surface area contributed by atoms with Crippen molar-refractivity contribution in [2.45, 2.75) is 25.8 Å². The number of imidazole rings is 1. The van der Waals surface area contributed by atoms with Gasteiger partial charge in [0.25, 0.3) is 0 Å². The Morgan fingerprint density at radius 1 is 1.31 bits per heavy atom. The maximum atomic E-state index is 8.13. The van der Waals surface area contributed by atoms with Gasteiger partial charge < -0.3 is 14.9 Å². The lowest BCUT2D eigenvalue weighted by Crippen LogP contribution is -2.34. The molecular weight excluding hydrogens is 373 g/mol. The van der Waals surface area contributed by atoms with Crippen molar-refractivity contribution in [2.75, 3.05) is 13.1 Å². The first-order chi connectivity index (χ1) is 12.5. The largest absolute Gasteiger partial charge is 0.337 e. The van der Waals surface area contributed by atoms with Crippen LogP contribution in [-0.2, 0) is 6.54 Å². The topological polar surface area (TPSA) is 95.3 Å². The molecule has 0 amide bonds. The molecule has 7 nitrogen and oxygen atoms in total. The molecule has 1 aliphatic heterocycles. The maximum Gasteiger partial charge on any atom is 0.173 e. The van der Waals surface area contributed by atoms with Crippen molar-refractivity contribution in [3.63, 3.8) is 0 Å². The minimum Gasteiger partial charge on any atom is -0.337 e. The van der Waals surface area contributed by atoms with Crippen LogP contribution in [0, 0.1) is 11.3 Å². The van der Waals surface area contributed by atoms with Crippen molar-refractivity contribution in [1.82, 2.24) is 29.8 Å². The summed E-state index contributed by atoms with van der Waals surface area (Å²) in [6.45, 7) is 4.57. The fourth-order valence-electron chi connectivity index (χ4n) is 3.47. The molecule has 0 bridgehead atoms. The molecule has 1 aliphatic rings. The predicted molar refractivity (Wildman–Crippen MR) is 100 cm³/mol. The highest BCUT2D eigenvalue weighted by Crippen LogP contribution is 2.29. The third-order valence-corrected chi connectivity index (χ3v) is 5.61. The third-order valence-electron chi connectivity index (χ3n) is 4.96. The van der Waals surface area contributed by atoms with Gasteiger partial charge in [-0.15, -0.1) is 0 Å². The van der Waals surface area contributed by atoms with Crippen LogP contribution in [0.15, 0.2) is 18.7 Å². The monoisotopic (exact) mass is 391 g/mol. The summed E-state index contributed by atoms with van der Waals surface area (Å²) in [6.07, 6.45) is 5.76. The Kier molecular flexibility index (Phi) is 4.69. The molecule has 136 valence electrons. The Hall–Kier alpha value is -1.96. The molecule has 4 heterocycles. The Balaban J connectivity index is 1.79. The second kappa shape index (κ2) is 6.98. The number of rotatable bonds is 3. The number of aromatic nitrogens is 5. The van der Waals surface area contributed by atoms with E-state index in [1.807, 2.05) is 4.57 Å². The van der Waals surface area contributed by atoms with Crippen molar-refractivity contribution >= 4 is 34.4 Å². The van der Waals surface area contributed by atoms with E-state index in [2.05, 4.69) is 27.2 Å². The lowest BCUT2D eigenvalue weighted by atomic mass is 9.87. The van der Waals surface area contributed by atoms with E-state index < -0.39 is 0 Å². The SMILES string of the molecule is C[C@H]1CNCCC1c1nc2c([nH]1)c(=N)ncn2Cc1c(Cl)cncc1Cl. The number of hydrogen-bond acceptors (Lipinski definition) is 5. The number of halogens is 2. The predicted octanol–water partition coefficient (Wildman–Crippen LogP) is 2.70. The highest BCUT2D eigenvalue weighted by atomic mass is 35.5. The quantitative estimate of drug-likeness (QED) is 0.639. The molecule has 0 saturated carbocycles. The van der Waals surface area contributed by atoms with E-state index in [1.54, 1.807) is 18.7 Å². The number of hydrogen-bond donors (Lipinski definition) is 3. The molecule has 1 unspecified atom stereocenters. The first kappa shape index (κ1) is 17.5. The normalized spacial score (nSPS) is 20.6. The highest BCUT2D eigenvalue weighted by Gasteiger charge is 2.26. The molecule has 1 fully saturated rings. The van der Waals surface area contributed by atoms with Crippen LogP contribution >= 0.6 is 23.2 Å². The number of nitrogens with zero attached hydrogens (tertiary/aromatic N) is 4. The molecule has 9 heteroatoms. The van der Waals surface area contributed by atoms with E-state index in [9.17, 15) is 0 Å². The van der Waals surface area contributed by atoms with Crippen LogP contribution in [0.4, 0.5) is 0 Å². The van der Waals surface area contributed by atoms with Gasteiger partial charge in [-0.2, -0.15) is 0 Å².